The minimum Gasteiger partial charge on any atom is -0.495 e. The van der Waals surface area contributed by atoms with E-state index in [0.717, 1.165) is 23.8 Å². The van der Waals surface area contributed by atoms with Crippen molar-refractivity contribution in [1.82, 2.24) is 4.57 Å². The van der Waals surface area contributed by atoms with Gasteiger partial charge in [0.1, 0.15) is 17.2 Å². The summed E-state index contributed by atoms with van der Waals surface area (Å²) in [6.07, 6.45) is 0.644. The number of allylic oxidation sites excluding steroid dienone is 1. The van der Waals surface area contributed by atoms with E-state index in [-0.39, 0.29) is 17.1 Å². The molecule has 2 N–H and O–H groups in total. The first kappa shape index (κ1) is 24.4. The topological polar surface area (TPSA) is 89.8 Å². The van der Waals surface area contributed by atoms with Crippen LogP contribution in [0.25, 0.3) is 6.08 Å². The molecule has 0 atom stereocenters. The molecule has 7 nitrogen and oxygen atoms in total. The standard InChI is InChI=1S/C24H21F3N2O5/c1-33-21-10-9-17(24(25,26)27)14-19(21)28-23(32)20-8-4-12-29(20)11-3-6-16-5-2-7-18(13-16)34-15-22(30)31/h2-10,12-14H,11,15H2,1H3,(H,28,32)(H,30,31)/b6-3+. The van der Waals surface area contributed by atoms with E-state index < -0.39 is 30.2 Å². The van der Waals surface area contributed by atoms with Crippen molar-refractivity contribution < 1.29 is 37.3 Å². The van der Waals surface area contributed by atoms with Gasteiger partial charge < -0.3 is 24.5 Å². The number of halogens is 3. The number of hydrogen-bond donors (Lipinski definition) is 2. The van der Waals surface area contributed by atoms with Gasteiger partial charge in [-0.25, -0.2) is 4.79 Å². The Balaban J connectivity index is 1.71. The summed E-state index contributed by atoms with van der Waals surface area (Å²) in [5, 5.41) is 11.2. The molecular formula is C24H21F3N2O5. The molecule has 34 heavy (non-hydrogen) atoms. The van der Waals surface area contributed by atoms with E-state index in [2.05, 4.69) is 5.32 Å². The second-order valence-electron chi connectivity index (χ2n) is 7.07. The SMILES string of the molecule is COc1ccc(C(F)(F)F)cc1NC(=O)c1cccn1C/C=C/c1cccc(OCC(=O)O)c1. The highest BCUT2D eigenvalue weighted by molar-refractivity contribution is 6.04. The molecular weight excluding hydrogens is 453 g/mol. The monoisotopic (exact) mass is 474 g/mol. The van der Waals surface area contributed by atoms with Gasteiger partial charge in [-0.1, -0.05) is 24.3 Å². The van der Waals surface area contributed by atoms with E-state index in [1.807, 2.05) is 0 Å². The molecule has 10 heteroatoms. The Morgan fingerprint density at radius 3 is 2.62 bits per heavy atom. The number of amides is 1. The number of alkyl halides is 3. The van der Waals surface area contributed by atoms with Crippen LogP contribution in [0.3, 0.4) is 0 Å². The molecule has 0 bridgehead atoms. The van der Waals surface area contributed by atoms with Crippen LogP contribution in [0.4, 0.5) is 18.9 Å². The number of ether oxygens (including phenoxy) is 2. The first-order chi connectivity index (χ1) is 16.2. The van der Waals surface area contributed by atoms with E-state index >= 15 is 0 Å². The summed E-state index contributed by atoms with van der Waals surface area (Å²) in [6.45, 7) is -0.151. The maximum Gasteiger partial charge on any atom is 0.416 e. The normalized spacial score (nSPS) is 11.4. The van der Waals surface area contributed by atoms with Gasteiger partial charge in [0.25, 0.3) is 5.91 Å². The number of benzene rings is 2. The van der Waals surface area contributed by atoms with Crippen LogP contribution in [0.2, 0.25) is 0 Å². The number of nitrogens with zero attached hydrogens (tertiary/aromatic N) is 1. The van der Waals surface area contributed by atoms with Gasteiger partial charge in [-0.15, -0.1) is 0 Å². The fraction of sp³-hybridized carbons (Fsp3) is 0.167. The number of aliphatic carboxylic acids is 1. The third-order valence-corrected chi connectivity index (χ3v) is 4.67. The van der Waals surface area contributed by atoms with Crippen LogP contribution in [0.15, 0.2) is 66.9 Å². The van der Waals surface area contributed by atoms with Crippen LogP contribution in [-0.2, 0) is 17.5 Å². The molecule has 3 aromatic rings. The molecule has 1 amide bonds. The maximum absolute atomic E-state index is 13.1. The molecule has 0 aliphatic heterocycles. The predicted octanol–water partition coefficient (Wildman–Crippen LogP) is 4.94. The first-order valence-corrected chi connectivity index (χ1v) is 10.0. The largest absolute Gasteiger partial charge is 0.495 e. The first-order valence-electron chi connectivity index (χ1n) is 10.0. The Morgan fingerprint density at radius 1 is 1.12 bits per heavy atom. The number of hydrogen-bond acceptors (Lipinski definition) is 4. The van der Waals surface area contributed by atoms with Crippen LogP contribution in [0, 0.1) is 0 Å². The zero-order valence-corrected chi connectivity index (χ0v) is 18.0. The van der Waals surface area contributed by atoms with Gasteiger partial charge in [0, 0.05) is 12.7 Å². The van der Waals surface area contributed by atoms with Gasteiger partial charge in [-0.05, 0) is 48.0 Å². The lowest BCUT2D eigenvalue weighted by Crippen LogP contribution is -2.17. The van der Waals surface area contributed by atoms with Gasteiger partial charge in [0.2, 0.25) is 0 Å². The summed E-state index contributed by atoms with van der Waals surface area (Å²) in [4.78, 5) is 23.4. The van der Waals surface area contributed by atoms with Gasteiger partial charge in [-0.2, -0.15) is 13.2 Å². The Hall–Kier alpha value is -4.21. The van der Waals surface area contributed by atoms with Crippen molar-refractivity contribution in [2.45, 2.75) is 12.7 Å². The van der Waals surface area contributed by atoms with Gasteiger partial charge in [0.15, 0.2) is 6.61 Å². The molecule has 3 rings (SSSR count). The van der Waals surface area contributed by atoms with Gasteiger partial charge in [-0.3, -0.25) is 4.79 Å². The highest BCUT2D eigenvalue weighted by atomic mass is 19.4. The fourth-order valence-corrected chi connectivity index (χ4v) is 3.10. The second kappa shape index (κ2) is 10.6. The van der Waals surface area contributed by atoms with Crippen molar-refractivity contribution >= 4 is 23.6 Å². The lowest BCUT2D eigenvalue weighted by Gasteiger charge is -2.14. The van der Waals surface area contributed by atoms with Crippen LogP contribution < -0.4 is 14.8 Å². The number of nitrogens with one attached hydrogen (secondary N) is 1. The summed E-state index contributed by atoms with van der Waals surface area (Å²) in [6, 6.07) is 12.9. The van der Waals surface area contributed by atoms with Crippen LogP contribution >= 0.6 is 0 Å². The third-order valence-electron chi connectivity index (χ3n) is 4.67. The fourth-order valence-electron chi connectivity index (χ4n) is 3.10. The van der Waals surface area contributed by atoms with Crippen molar-refractivity contribution in [2.24, 2.45) is 0 Å². The Labute approximate surface area is 193 Å². The summed E-state index contributed by atoms with van der Waals surface area (Å²) < 4.78 is 51.0. The molecule has 0 saturated heterocycles. The molecule has 1 aromatic heterocycles. The summed E-state index contributed by atoms with van der Waals surface area (Å²) in [7, 11) is 1.30. The number of rotatable bonds is 9. The minimum atomic E-state index is -4.56. The Morgan fingerprint density at radius 2 is 1.91 bits per heavy atom. The number of anilines is 1. The summed E-state index contributed by atoms with van der Waals surface area (Å²) in [5.74, 6) is -1.17. The number of carboxylic acids is 1. The van der Waals surface area contributed by atoms with Crippen molar-refractivity contribution in [3.63, 3.8) is 0 Å². The lowest BCUT2D eigenvalue weighted by molar-refractivity contribution is -0.139. The number of methoxy groups -OCH3 is 1. The number of aromatic nitrogens is 1. The smallest absolute Gasteiger partial charge is 0.416 e. The van der Waals surface area contributed by atoms with E-state index in [9.17, 15) is 22.8 Å². The Bertz CT molecular complexity index is 1200. The summed E-state index contributed by atoms with van der Waals surface area (Å²) in [5.41, 5.74) is -0.00215. The van der Waals surface area contributed by atoms with E-state index in [0.29, 0.717) is 12.3 Å². The number of carbonyl (C=O) groups excluding carboxylic acids is 1. The van der Waals surface area contributed by atoms with Crippen LogP contribution in [-0.4, -0.2) is 35.3 Å². The average Bonchev–Trinajstić information content (AvgIpc) is 3.26. The molecule has 1 heterocycles. The minimum absolute atomic E-state index is 0.0937. The van der Waals surface area contributed by atoms with Crippen molar-refractivity contribution in [3.05, 3.63) is 83.7 Å². The van der Waals surface area contributed by atoms with Crippen molar-refractivity contribution in [1.29, 1.82) is 0 Å². The van der Waals surface area contributed by atoms with Crippen molar-refractivity contribution in [2.75, 3.05) is 19.0 Å². The quantitative estimate of drug-likeness (QED) is 0.458. The van der Waals surface area contributed by atoms with Gasteiger partial charge in [0.05, 0.1) is 18.4 Å². The predicted molar refractivity (Wildman–Crippen MR) is 119 cm³/mol. The van der Waals surface area contributed by atoms with E-state index in [1.54, 1.807) is 59.3 Å². The maximum atomic E-state index is 13.1. The molecule has 0 unspecified atom stereocenters. The molecule has 0 aliphatic carbocycles. The molecule has 0 radical (unpaired) electrons. The molecule has 0 aliphatic rings. The highest BCUT2D eigenvalue weighted by Gasteiger charge is 2.31. The zero-order valence-electron chi connectivity index (χ0n) is 18.0. The van der Waals surface area contributed by atoms with Gasteiger partial charge >= 0.3 is 12.1 Å². The molecule has 2 aromatic carbocycles. The molecule has 0 spiro atoms. The Kier molecular flexibility index (Phi) is 7.62. The molecule has 0 fully saturated rings. The van der Waals surface area contributed by atoms with Crippen LogP contribution in [0.1, 0.15) is 21.6 Å². The summed E-state index contributed by atoms with van der Waals surface area (Å²) >= 11 is 0. The second-order valence-corrected chi connectivity index (χ2v) is 7.07. The molecule has 178 valence electrons. The number of carboxylic acid groups (broad SMARTS) is 1. The highest BCUT2D eigenvalue weighted by Crippen LogP contribution is 2.35. The average molecular weight is 474 g/mol. The zero-order chi connectivity index (χ0) is 24.7. The number of carbonyl (C=O) groups is 2. The van der Waals surface area contributed by atoms with Crippen molar-refractivity contribution in [3.8, 4) is 11.5 Å². The third kappa shape index (κ3) is 6.41. The van der Waals surface area contributed by atoms with E-state index in [4.69, 9.17) is 14.6 Å². The van der Waals surface area contributed by atoms with E-state index in [1.165, 1.54) is 7.11 Å². The van der Waals surface area contributed by atoms with Crippen LogP contribution in [0.5, 0.6) is 11.5 Å². The lowest BCUT2D eigenvalue weighted by atomic mass is 10.1. The molecule has 0 saturated carbocycles.